The third kappa shape index (κ3) is 2.44. The second-order valence-corrected chi connectivity index (χ2v) is 3.42. The van der Waals surface area contributed by atoms with Gasteiger partial charge in [0.15, 0.2) is 0 Å². The zero-order chi connectivity index (χ0) is 10.6. The predicted octanol–water partition coefficient (Wildman–Crippen LogP) is 3.78. The highest BCUT2D eigenvalue weighted by Crippen LogP contribution is 2.20. The van der Waals surface area contributed by atoms with E-state index in [2.05, 4.69) is 26.5 Å². The molecule has 0 amide bonds. The first-order valence-electron chi connectivity index (χ1n) is 4.86. The van der Waals surface area contributed by atoms with Gasteiger partial charge >= 0.3 is 0 Å². The predicted molar refractivity (Wildman–Crippen MR) is 60.0 cm³/mol. The number of alkyl halides is 1. The van der Waals surface area contributed by atoms with E-state index in [-0.39, 0.29) is 5.92 Å². The van der Waals surface area contributed by atoms with Crippen LogP contribution in [0.4, 0.5) is 4.39 Å². The van der Waals surface area contributed by atoms with Crippen LogP contribution in [0, 0.1) is 6.92 Å². The standard InChI is InChI=1S/C13H16F/c1-4-11-6-12(5-2)8-13(7-11)10(3)9-14/h4,6-8,10H,1,3,5,9H2,2H3. The van der Waals surface area contributed by atoms with Crippen molar-refractivity contribution in [3.05, 3.63) is 48.4 Å². The maximum atomic E-state index is 12.5. The van der Waals surface area contributed by atoms with Crippen molar-refractivity contribution < 1.29 is 4.39 Å². The summed E-state index contributed by atoms with van der Waals surface area (Å²) in [5.74, 6) is -0.264. The molecule has 0 aliphatic rings. The van der Waals surface area contributed by atoms with Crippen LogP contribution in [-0.2, 0) is 6.42 Å². The SMILES string of the molecule is [CH2]C(CF)c1cc(C=C)cc(CC)c1. The van der Waals surface area contributed by atoms with Gasteiger partial charge in [0, 0.05) is 5.92 Å². The molecule has 1 unspecified atom stereocenters. The van der Waals surface area contributed by atoms with E-state index in [9.17, 15) is 4.39 Å². The summed E-state index contributed by atoms with van der Waals surface area (Å²) < 4.78 is 12.5. The number of rotatable bonds is 4. The smallest absolute Gasteiger partial charge is 0.0962 e. The molecule has 1 aromatic rings. The maximum Gasteiger partial charge on any atom is 0.0962 e. The molecule has 14 heavy (non-hydrogen) atoms. The minimum absolute atomic E-state index is 0.264. The van der Waals surface area contributed by atoms with Crippen LogP contribution in [0.5, 0.6) is 0 Å². The average Bonchev–Trinajstić information content (AvgIpc) is 2.27. The van der Waals surface area contributed by atoms with E-state index in [1.807, 2.05) is 12.1 Å². The molecule has 75 valence electrons. The molecule has 0 fully saturated rings. The van der Waals surface area contributed by atoms with Gasteiger partial charge in [0.05, 0.1) is 6.67 Å². The lowest BCUT2D eigenvalue weighted by atomic mass is 9.96. The van der Waals surface area contributed by atoms with Gasteiger partial charge in [-0.1, -0.05) is 37.8 Å². The monoisotopic (exact) mass is 191 g/mol. The summed E-state index contributed by atoms with van der Waals surface area (Å²) >= 11 is 0. The molecule has 1 rings (SSSR count). The lowest BCUT2D eigenvalue weighted by molar-refractivity contribution is 0.465. The molecular weight excluding hydrogens is 175 g/mol. The molecule has 1 radical (unpaired) electrons. The number of benzene rings is 1. The molecule has 1 atom stereocenters. The summed E-state index contributed by atoms with van der Waals surface area (Å²) in [5, 5.41) is 0. The summed E-state index contributed by atoms with van der Waals surface area (Å²) in [6, 6.07) is 6.04. The first-order chi connectivity index (χ1) is 6.71. The number of hydrogen-bond acceptors (Lipinski definition) is 0. The number of aryl methyl sites for hydroxylation is 1. The Hall–Kier alpha value is -1.11. The van der Waals surface area contributed by atoms with E-state index < -0.39 is 6.67 Å². The van der Waals surface area contributed by atoms with E-state index in [4.69, 9.17) is 0 Å². The summed E-state index contributed by atoms with van der Waals surface area (Å²) in [4.78, 5) is 0. The summed E-state index contributed by atoms with van der Waals surface area (Å²) in [7, 11) is 0. The molecule has 0 aromatic heterocycles. The van der Waals surface area contributed by atoms with Crippen molar-refractivity contribution >= 4 is 6.08 Å². The summed E-state index contributed by atoms with van der Waals surface area (Å²) in [6.07, 6.45) is 2.74. The van der Waals surface area contributed by atoms with Crippen molar-refractivity contribution in [1.82, 2.24) is 0 Å². The van der Waals surface area contributed by atoms with Crippen molar-refractivity contribution in [1.29, 1.82) is 0 Å². The minimum Gasteiger partial charge on any atom is -0.250 e. The molecule has 0 saturated carbocycles. The van der Waals surface area contributed by atoms with Gasteiger partial charge in [0.2, 0.25) is 0 Å². The van der Waals surface area contributed by atoms with Crippen LogP contribution in [0.15, 0.2) is 24.8 Å². The first kappa shape index (κ1) is 11.0. The highest BCUT2D eigenvalue weighted by molar-refractivity contribution is 5.50. The molecule has 1 aromatic carbocycles. The molecule has 0 bridgehead atoms. The van der Waals surface area contributed by atoms with Crippen molar-refractivity contribution in [3.8, 4) is 0 Å². The Morgan fingerprint density at radius 2 is 2.14 bits per heavy atom. The molecule has 0 aliphatic heterocycles. The van der Waals surface area contributed by atoms with Crippen LogP contribution >= 0.6 is 0 Å². The second-order valence-electron chi connectivity index (χ2n) is 3.42. The molecule has 0 heterocycles. The molecule has 0 aliphatic carbocycles. The van der Waals surface area contributed by atoms with Crippen LogP contribution in [0.25, 0.3) is 6.08 Å². The Balaban J connectivity index is 3.10. The first-order valence-corrected chi connectivity index (χ1v) is 4.86. The van der Waals surface area contributed by atoms with Gasteiger partial charge in [-0.05, 0) is 30.0 Å². The van der Waals surface area contributed by atoms with Crippen LogP contribution in [0.3, 0.4) is 0 Å². The molecule has 0 spiro atoms. The molecule has 1 heteroatoms. The van der Waals surface area contributed by atoms with Gasteiger partial charge in [0.25, 0.3) is 0 Å². The molecule has 0 nitrogen and oxygen atoms in total. The van der Waals surface area contributed by atoms with E-state index >= 15 is 0 Å². The highest BCUT2D eigenvalue weighted by atomic mass is 19.1. The molecular formula is C13H16F. The lowest BCUT2D eigenvalue weighted by Gasteiger charge is -2.10. The Morgan fingerprint density at radius 1 is 1.43 bits per heavy atom. The van der Waals surface area contributed by atoms with Crippen LogP contribution in [0.1, 0.15) is 29.5 Å². The fourth-order valence-electron chi connectivity index (χ4n) is 1.39. The van der Waals surface area contributed by atoms with Gasteiger partial charge in [0.1, 0.15) is 0 Å². The van der Waals surface area contributed by atoms with Crippen LogP contribution < -0.4 is 0 Å². The van der Waals surface area contributed by atoms with Gasteiger partial charge in [-0.2, -0.15) is 0 Å². The fourth-order valence-corrected chi connectivity index (χ4v) is 1.39. The quantitative estimate of drug-likeness (QED) is 0.679. The third-order valence-electron chi connectivity index (χ3n) is 2.34. The van der Waals surface area contributed by atoms with E-state index in [0.717, 1.165) is 17.5 Å². The Kier molecular flexibility index (Phi) is 3.87. The Morgan fingerprint density at radius 3 is 2.64 bits per heavy atom. The molecule has 0 saturated heterocycles. The second kappa shape index (κ2) is 4.94. The van der Waals surface area contributed by atoms with Gasteiger partial charge in [-0.3, -0.25) is 4.39 Å². The highest BCUT2D eigenvalue weighted by Gasteiger charge is 2.06. The van der Waals surface area contributed by atoms with E-state index in [1.54, 1.807) is 6.08 Å². The number of hydrogen-bond donors (Lipinski definition) is 0. The van der Waals surface area contributed by atoms with Gasteiger partial charge < -0.3 is 0 Å². The normalized spacial score (nSPS) is 12.5. The Labute approximate surface area is 85.5 Å². The van der Waals surface area contributed by atoms with Crippen molar-refractivity contribution in [2.45, 2.75) is 19.3 Å². The van der Waals surface area contributed by atoms with Crippen molar-refractivity contribution in [3.63, 3.8) is 0 Å². The van der Waals surface area contributed by atoms with Gasteiger partial charge in [-0.15, -0.1) is 0 Å². The lowest BCUT2D eigenvalue weighted by Crippen LogP contribution is -1.97. The largest absolute Gasteiger partial charge is 0.250 e. The average molecular weight is 191 g/mol. The zero-order valence-electron chi connectivity index (χ0n) is 8.59. The summed E-state index contributed by atoms with van der Waals surface area (Å²) in [6.45, 7) is 9.16. The van der Waals surface area contributed by atoms with Crippen LogP contribution in [0.2, 0.25) is 0 Å². The summed E-state index contributed by atoms with van der Waals surface area (Å²) in [5.41, 5.74) is 3.21. The molecule has 0 N–H and O–H groups in total. The fraction of sp³-hybridized carbons (Fsp3) is 0.308. The third-order valence-corrected chi connectivity index (χ3v) is 2.34. The zero-order valence-corrected chi connectivity index (χ0v) is 8.59. The van der Waals surface area contributed by atoms with Crippen molar-refractivity contribution in [2.75, 3.05) is 6.67 Å². The number of halogens is 1. The topological polar surface area (TPSA) is 0 Å². The Bertz CT molecular complexity index is 315. The minimum atomic E-state index is -0.413. The van der Waals surface area contributed by atoms with Gasteiger partial charge in [-0.25, -0.2) is 0 Å². The van der Waals surface area contributed by atoms with Crippen molar-refractivity contribution in [2.24, 2.45) is 0 Å². The van der Waals surface area contributed by atoms with E-state index in [1.165, 1.54) is 5.56 Å². The van der Waals surface area contributed by atoms with Crippen LogP contribution in [-0.4, -0.2) is 6.67 Å². The maximum absolute atomic E-state index is 12.5. The van der Waals surface area contributed by atoms with E-state index in [0.29, 0.717) is 0 Å².